The van der Waals surface area contributed by atoms with Crippen molar-refractivity contribution in [2.24, 2.45) is 40.7 Å². The van der Waals surface area contributed by atoms with Crippen LogP contribution >= 0.6 is 0 Å². The number of rotatable bonds is 13. The highest BCUT2D eigenvalue weighted by atomic mass is 16.6. The Morgan fingerprint density at radius 1 is 1.05 bits per heavy atom. The first kappa shape index (κ1) is 31.5. The maximum atomic E-state index is 13.9. The number of nitrogens with two attached hydrogens (primary N) is 1. The van der Waals surface area contributed by atoms with Gasteiger partial charge in [0.15, 0.2) is 5.78 Å². The van der Waals surface area contributed by atoms with Crippen LogP contribution in [0.25, 0.3) is 0 Å². The van der Waals surface area contributed by atoms with Crippen molar-refractivity contribution in [1.82, 2.24) is 4.90 Å². The van der Waals surface area contributed by atoms with Gasteiger partial charge in [0.1, 0.15) is 5.60 Å². The van der Waals surface area contributed by atoms with E-state index in [0.29, 0.717) is 13.0 Å². The van der Waals surface area contributed by atoms with E-state index in [-0.39, 0.29) is 66.3 Å². The number of likely N-dealkylation sites (tertiary alicyclic amines) is 1. The molecular weight excluding hydrogens is 512 g/mol. The number of amides is 2. The minimum absolute atomic E-state index is 0.00141. The van der Waals surface area contributed by atoms with Crippen molar-refractivity contribution in [3.63, 3.8) is 0 Å². The molecule has 3 rings (SSSR count). The van der Waals surface area contributed by atoms with E-state index in [1.807, 2.05) is 0 Å². The van der Waals surface area contributed by atoms with E-state index in [0.717, 1.165) is 19.3 Å². The third kappa shape index (κ3) is 7.38. The van der Waals surface area contributed by atoms with Gasteiger partial charge >= 0.3 is 5.97 Å². The Morgan fingerprint density at radius 3 is 2.23 bits per heavy atom. The van der Waals surface area contributed by atoms with Crippen LogP contribution in [-0.2, 0) is 33.5 Å². The largest absolute Gasteiger partial charge is 0.460 e. The molecule has 0 spiro atoms. The molecule has 0 bridgehead atoms. The number of ether oxygens (including phenoxy) is 1. The molecule has 2 aliphatic carbocycles. The number of carbonyl (C=O) groups is 6. The molecule has 0 radical (unpaired) electrons. The zero-order chi connectivity index (χ0) is 30.0. The van der Waals surface area contributed by atoms with Crippen LogP contribution in [0.3, 0.4) is 0 Å². The molecule has 40 heavy (non-hydrogen) atoms. The second-order valence-corrected chi connectivity index (χ2v) is 13.3. The molecule has 9 heteroatoms. The van der Waals surface area contributed by atoms with E-state index in [2.05, 4.69) is 25.7 Å². The van der Waals surface area contributed by atoms with Crippen LogP contribution in [0.1, 0.15) is 92.9 Å². The van der Waals surface area contributed by atoms with Gasteiger partial charge in [-0.05, 0) is 69.6 Å². The smallest absolute Gasteiger partial charge is 0.307 e. The summed E-state index contributed by atoms with van der Waals surface area (Å²) in [5, 5.41) is 0. The summed E-state index contributed by atoms with van der Waals surface area (Å²) in [6.07, 6.45) is 3.15. The fourth-order valence-electron chi connectivity index (χ4n) is 6.50. The van der Waals surface area contributed by atoms with Crippen molar-refractivity contribution in [2.75, 3.05) is 6.54 Å². The van der Waals surface area contributed by atoms with Crippen molar-refractivity contribution in [3.8, 4) is 11.8 Å². The predicted molar refractivity (Wildman–Crippen MR) is 147 cm³/mol. The lowest BCUT2D eigenvalue weighted by molar-refractivity contribution is -0.159. The SMILES string of the molecule is CC#CC(=O)CC[C@H](CC(=O)OC(C)(C)C)C(=O)N1CC2[C@@H]([C@H]1C(=O)CC(CC1CCC1)C(=O)C(N)=O)C2(C)C. The van der Waals surface area contributed by atoms with Gasteiger partial charge in [-0.3, -0.25) is 28.8 Å². The summed E-state index contributed by atoms with van der Waals surface area (Å²) in [6, 6.07) is -0.760. The van der Waals surface area contributed by atoms with Gasteiger partial charge in [-0.1, -0.05) is 39.0 Å². The molecule has 2 N–H and O–H groups in total. The molecule has 3 aliphatic rings. The van der Waals surface area contributed by atoms with Crippen LogP contribution in [0.4, 0.5) is 0 Å². The van der Waals surface area contributed by atoms with Gasteiger partial charge in [-0.15, -0.1) is 0 Å². The van der Waals surface area contributed by atoms with Crippen LogP contribution in [0, 0.1) is 46.8 Å². The molecule has 5 atom stereocenters. The molecule has 2 unspecified atom stereocenters. The average Bonchev–Trinajstić information content (AvgIpc) is 3.14. The normalized spacial score (nSPS) is 24.4. The number of carbonyl (C=O) groups excluding carboxylic acids is 6. The number of Topliss-reactive ketones (excluding diaryl/α,β-unsaturated/α-hetero) is 3. The lowest BCUT2D eigenvalue weighted by atomic mass is 9.76. The van der Waals surface area contributed by atoms with Crippen molar-refractivity contribution in [1.29, 1.82) is 0 Å². The van der Waals surface area contributed by atoms with Crippen molar-refractivity contribution < 1.29 is 33.5 Å². The minimum atomic E-state index is -1.04. The zero-order valence-electron chi connectivity index (χ0n) is 24.7. The minimum Gasteiger partial charge on any atom is -0.460 e. The van der Waals surface area contributed by atoms with Crippen molar-refractivity contribution in [2.45, 2.75) is 105 Å². The molecule has 2 saturated carbocycles. The standard InChI is InChI=1S/C31H44N2O7/c1-7-9-21(34)13-12-19(16-24(36)40-30(2,3)4)29(39)33-17-22-25(31(22,5)6)26(33)23(35)15-20(27(37)28(32)38)14-18-10-8-11-18/h18-20,22,25-26H,8,10-17H2,1-6H3,(H2,32,38)/t19-,20?,22?,25+,26-/m1/s1. The first-order valence-electron chi connectivity index (χ1n) is 14.4. The lowest BCUT2D eigenvalue weighted by Crippen LogP contribution is -2.49. The summed E-state index contributed by atoms with van der Waals surface area (Å²) < 4.78 is 5.46. The van der Waals surface area contributed by atoms with E-state index in [9.17, 15) is 28.8 Å². The highest BCUT2D eigenvalue weighted by molar-refractivity contribution is 6.36. The van der Waals surface area contributed by atoms with Gasteiger partial charge in [-0.25, -0.2) is 0 Å². The molecule has 9 nitrogen and oxygen atoms in total. The second-order valence-electron chi connectivity index (χ2n) is 13.3. The van der Waals surface area contributed by atoms with Crippen LogP contribution < -0.4 is 5.73 Å². The number of hydrogen-bond acceptors (Lipinski definition) is 7. The Balaban J connectivity index is 1.83. The Morgan fingerprint density at radius 2 is 1.70 bits per heavy atom. The molecule has 2 amide bonds. The molecule has 1 aliphatic heterocycles. The zero-order valence-corrected chi connectivity index (χ0v) is 24.7. The van der Waals surface area contributed by atoms with Gasteiger partial charge in [-0.2, -0.15) is 0 Å². The summed E-state index contributed by atoms with van der Waals surface area (Å²) in [7, 11) is 0. The molecule has 0 aromatic carbocycles. The molecular formula is C31H44N2O7. The summed E-state index contributed by atoms with van der Waals surface area (Å²) in [6.45, 7) is 11.2. The van der Waals surface area contributed by atoms with Gasteiger partial charge in [0.05, 0.1) is 12.5 Å². The second kappa shape index (κ2) is 12.2. The number of fused-ring (bicyclic) bond motifs is 1. The predicted octanol–water partition coefficient (Wildman–Crippen LogP) is 3.01. The van der Waals surface area contributed by atoms with Gasteiger partial charge in [0.25, 0.3) is 5.91 Å². The first-order chi connectivity index (χ1) is 18.6. The number of esters is 1. The fourth-order valence-corrected chi connectivity index (χ4v) is 6.50. The molecule has 220 valence electrons. The number of hydrogen-bond donors (Lipinski definition) is 1. The van der Waals surface area contributed by atoms with Crippen LogP contribution in [0.5, 0.6) is 0 Å². The van der Waals surface area contributed by atoms with Crippen LogP contribution in [0.15, 0.2) is 0 Å². The Labute approximate surface area is 237 Å². The van der Waals surface area contributed by atoms with Crippen molar-refractivity contribution in [3.05, 3.63) is 0 Å². The average molecular weight is 557 g/mol. The number of piperidine rings is 1. The third-order valence-electron chi connectivity index (χ3n) is 8.89. The van der Waals surface area contributed by atoms with E-state index >= 15 is 0 Å². The molecule has 0 aromatic heterocycles. The third-order valence-corrected chi connectivity index (χ3v) is 8.89. The van der Waals surface area contributed by atoms with Gasteiger partial charge in [0, 0.05) is 31.2 Å². The maximum absolute atomic E-state index is 13.9. The summed E-state index contributed by atoms with van der Waals surface area (Å²) in [5.74, 6) is 0.397. The molecule has 1 saturated heterocycles. The number of nitrogens with zero attached hydrogens (tertiary/aromatic N) is 1. The van der Waals surface area contributed by atoms with Gasteiger partial charge < -0.3 is 15.4 Å². The Hall–Kier alpha value is -3.02. The maximum Gasteiger partial charge on any atom is 0.307 e. The summed E-state index contributed by atoms with van der Waals surface area (Å²) >= 11 is 0. The monoisotopic (exact) mass is 556 g/mol. The molecule has 0 aromatic rings. The summed E-state index contributed by atoms with van der Waals surface area (Å²) in [4.78, 5) is 78.6. The fraction of sp³-hybridized carbons (Fsp3) is 0.742. The lowest BCUT2D eigenvalue weighted by Gasteiger charge is -2.34. The van der Waals surface area contributed by atoms with E-state index < -0.39 is 41.1 Å². The summed E-state index contributed by atoms with van der Waals surface area (Å²) in [5.41, 5.74) is 4.43. The number of primary amides is 1. The van der Waals surface area contributed by atoms with Crippen LogP contribution in [0.2, 0.25) is 0 Å². The molecule has 3 fully saturated rings. The van der Waals surface area contributed by atoms with Crippen molar-refractivity contribution >= 4 is 35.1 Å². The number of ketones is 3. The van der Waals surface area contributed by atoms with E-state index in [1.54, 1.807) is 32.6 Å². The first-order valence-corrected chi connectivity index (χ1v) is 14.4. The van der Waals surface area contributed by atoms with E-state index in [1.165, 1.54) is 0 Å². The topological polar surface area (TPSA) is 141 Å². The quantitative estimate of drug-likeness (QED) is 0.159. The van der Waals surface area contributed by atoms with Crippen LogP contribution in [-0.4, -0.2) is 58.2 Å². The highest BCUT2D eigenvalue weighted by Gasteiger charge is 2.69. The Bertz CT molecular complexity index is 1120. The van der Waals surface area contributed by atoms with E-state index in [4.69, 9.17) is 10.5 Å². The molecule has 1 heterocycles. The Kier molecular flexibility index (Phi) is 9.64. The van der Waals surface area contributed by atoms with Gasteiger partial charge in [0.2, 0.25) is 17.5 Å². The highest BCUT2D eigenvalue weighted by Crippen LogP contribution is 2.65.